The second kappa shape index (κ2) is 7.89. The molecule has 0 bridgehead atoms. The standard InChI is InChI=1S/C19H27N7O2/c1-5-26-11-23-15-16(21-9-12-8-13(28-4)6-7-14(12)20)24-18(25-17(15)26)22-10-19(2,3)27/h6-8,11,27H,5,9-10,20H2,1-4H3,(H2,21,22,24,25). The number of rotatable bonds is 8. The Morgan fingerprint density at radius 3 is 2.71 bits per heavy atom. The number of benzene rings is 1. The van der Waals surface area contributed by atoms with Crippen LogP contribution in [0.5, 0.6) is 5.75 Å². The molecule has 9 heteroatoms. The largest absolute Gasteiger partial charge is 0.497 e. The third-order valence-corrected chi connectivity index (χ3v) is 4.28. The fourth-order valence-corrected chi connectivity index (χ4v) is 2.71. The topological polar surface area (TPSA) is 123 Å². The number of ether oxygens (including phenoxy) is 1. The van der Waals surface area contributed by atoms with Gasteiger partial charge in [0, 0.05) is 25.3 Å². The molecule has 0 saturated carbocycles. The fourth-order valence-electron chi connectivity index (χ4n) is 2.71. The number of nitrogens with one attached hydrogen (secondary N) is 2. The van der Waals surface area contributed by atoms with Gasteiger partial charge in [0.05, 0.1) is 19.0 Å². The van der Waals surface area contributed by atoms with Crippen LogP contribution in [0, 0.1) is 0 Å². The van der Waals surface area contributed by atoms with Gasteiger partial charge >= 0.3 is 0 Å². The normalized spacial score (nSPS) is 11.6. The van der Waals surface area contributed by atoms with Crippen molar-refractivity contribution in [1.29, 1.82) is 0 Å². The molecule has 2 heterocycles. The van der Waals surface area contributed by atoms with Crippen LogP contribution in [0.4, 0.5) is 17.5 Å². The van der Waals surface area contributed by atoms with E-state index in [-0.39, 0.29) is 0 Å². The van der Waals surface area contributed by atoms with Gasteiger partial charge in [-0.05, 0) is 44.5 Å². The van der Waals surface area contributed by atoms with Crippen molar-refractivity contribution in [3.05, 3.63) is 30.1 Å². The number of anilines is 3. The highest BCUT2D eigenvalue weighted by Gasteiger charge is 2.16. The Morgan fingerprint density at radius 2 is 2.04 bits per heavy atom. The summed E-state index contributed by atoms with van der Waals surface area (Å²) in [5.74, 6) is 1.75. The molecule has 5 N–H and O–H groups in total. The number of methoxy groups -OCH3 is 1. The lowest BCUT2D eigenvalue weighted by Crippen LogP contribution is -2.30. The molecule has 0 aliphatic carbocycles. The molecular formula is C19H27N7O2. The first kappa shape index (κ1) is 19.7. The van der Waals surface area contributed by atoms with Crippen molar-refractivity contribution < 1.29 is 9.84 Å². The van der Waals surface area contributed by atoms with Crippen LogP contribution in [-0.4, -0.2) is 43.9 Å². The quantitative estimate of drug-likeness (QED) is 0.435. The lowest BCUT2D eigenvalue weighted by molar-refractivity contribution is 0.0943. The van der Waals surface area contributed by atoms with E-state index >= 15 is 0 Å². The molecular weight excluding hydrogens is 358 g/mol. The van der Waals surface area contributed by atoms with Crippen LogP contribution in [0.3, 0.4) is 0 Å². The summed E-state index contributed by atoms with van der Waals surface area (Å²) in [6.45, 7) is 6.98. The van der Waals surface area contributed by atoms with E-state index in [0.29, 0.717) is 36.1 Å². The molecule has 3 aromatic rings. The lowest BCUT2D eigenvalue weighted by Gasteiger charge is -2.18. The number of nitrogen functional groups attached to an aromatic ring is 1. The monoisotopic (exact) mass is 385 g/mol. The van der Waals surface area contributed by atoms with Gasteiger partial charge in [-0.1, -0.05) is 0 Å². The van der Waals surface area contributed by atoms with E-state index in [1.165, 1.54) is 0 Å². The maximum atomic E-state index is 9.98. The van der Waals surface area contributed by atoms with Crippen LogP contribution >= 0.6 is 0 Å². The number of hydrogen-bond donors (Lipinski definition) is 4. The van der Waals surface area contributed by atoms with Crippen molar-refractivity contribution in [2.24, 2.45) is 0 Å². The van der Waals surface area contributed by atoms with Crippen molar-refractivity contribution in [2.75, 3.05) is 30.0 Å². The number of aliphatic hydroxyl groups is 1. The van der Waals surface area contributed by atoms with Gasteiger partial charge in [0.2, 0.25) is 5.95 Å². The number of nitrogens with two attached hydrogens (primary N) is 1. The minimum absolute atomic E-state index is 0.320. The van der Waals surface area contributed by atoms with E-state index in [2.05, 4.69) is 25.6 Å². The zero-order valence-electron chi connectivity index (χ0n) is 16.7. The molecule has 0 unspecified atom stereocenters. The minimum Gasteiger partial charge on any atom is -0.497 e. The first-order chi connectivity index (χ1) is 13.3. The third-order valence-electron chi connectivity index (χ3n) is 4.28. The van der Waals surface area contributed by atoms with Gasteiger partial charge in [-0.25, -0.2) is 4.98 Å². The highest BCUT2D eigenvalue weighted by molar-refractivity contribution is 5.84. The van der Waals surface area contributed by atoms with Crippen molar-refractivity contribution in [3.63, 3.8) is 0 Å². The van der Waals surface area contributed by atoms with E-state index < -0.39 is 5.60 Å². The van der Waals surface area contributed by atoms with Crippen LogP contribution in [0.1, 0.15) is 26.3 Å². The summed E-state index contributed by atoms with van der Waals surface area (Å²) in [5.41, 5.74) is 8.16. The molecule has 9 nitrogen and oxygen atoms in total. The molecule has 0 atom stereocenters. The lowest BCUT2D eigenvalue weighted by atomic mass is 10.1. The molecule has 150 valence electrons. The van der Waals surface area contributed by atoms with Gasteiger partial charge in [0.1, 0.15) is 5.75 Å². The highest BCUT2D eigenvalue weighted by Crippen LogP contribution is 2.24. The SMILES string of the molecule is CCn1cnc2c(NCc3cc(OC)ccc3N)nc(NCC(C)(C)O)nc21. The summed E-state index contributed by atoms with van der Waals surface area (Å²) >= 11 is 0. The maximum absolute atomic E-state index is 9.98. The second-order valence-corrected chi connectivity index (χ2v) is 7.18. The molecule has 28 heavy (non-hydrogen) atoms. The van der Waals surface area contributed by atoms with Crippen molar-refractivity contribution in [3.8, 4) is 5.75 Å². The minimum atomic E-state index is -0.883. The van der Waals surface area contributed by atoms with Gasteiger partial charge in [-0.15, -0.1) is 0 Å². The Hall–Kier alpha value is -3.07. The average molecular weight is 385 g/mol. The van der Waals surface area contributed by atoms with Crippen molar-refractivity contribution in [2.45, 2.75) is 39.5 Å². The first-order valence-electron chi connectivity index (χ1n) is 9.16. The molecule has 1 aromatic carbocycles. The summed E-state index contributed by atoms with van der Waals surface area (Å²) in [4.78, 5) is 13.5. The van der Waals surface area contributed by atoms with E-state index in [1.807, 2.05) is 29.7 Å². The summed E-state index contributed by atoms with van der Waals surface area (Å²) < 4.78 is 7.22. The molecule has 0 amide bonds. The second-order valence-electron chi connectivity index (χ2n) is 7.18. The third kappa shape index (κ3) is 4.42. The number of fused-ring (bicyclic) bond motifs is 1. The van der Waals surface area contributed by atoms with Gasteiger partial charge in [-0.2, -0.15) is 9.97 Å². The Morgan fingerprint density at radius 1 is 1.25 bits per heavy atom. The van der Waals surface area contributed by atoms with Crippen LogP contribution < -0.4 is 21.1 Å². The molecule has 0 saturated heterocycles. The Kier molecular flexibility index (Phi) is 5.55. The Balaban J connectivity index is 1.91. The smallest absolute Gasteiger partial charge is 0.226 e. The number of nitrogens with zero attached hydrogens (tertiary/aromatic N) is 4. The summed E-state index contributed by atoms with van der Waals surface area (Å²) in [6, 6.07) is 5.52. The number of aryl methyl sites for hydroxylation is 1. The average Bonchev–Trinajstić information content (AvgIpc) is 3.08. The van der Waals surface area contributed by atoms with Gasteiger partial charge < -0.3 is 30.8 Å². The zero-order valence-corrected chi connectivity index (χ0v) is 16.7. The van der Waals surface area contributed by atoms with Gasteiger partial charge in [-0.3, -0.25) is 0 Å². The van der Waals surface area contributed by atoms with Crippen LogP contribution in [0.25, 0.3) is 11.2 Å². The fraction of sp³-hybridized carbons (Fsp3) is 0.421. The van der Waals surface area contributed by atoms with Crippen molar-refractivity contribution in [1.82, 2.24) is 19.5 Å². The van der Waals surface area contributed by atoms with Crippen LogP contribution in [-0.2, 0) is 13.1 Å². The predicted octanol–water partition coefficient (Wildman–Crippen LogP) is 2.23. The van der Waals surface area contributed by atoms with Crippen LogP contribution in [0.15, 0.2) is 24.5 Å². The van der Waals surface area contributed by atoms with E-state index in [1.54, 1.807) is 27.3 Å². The van der Waals surface area contributed by atoms with Crippen LogP contribution in [0.2, 0.25) is 0 Å². The summed E-state index contributed by atoms with van der Waals surface area (Å²) in [5, 5.41) is 16.4. The zero-order chi connectivity index (χ0) is 20.3. The predicted molar refractivity (Wildman–Crippen MR) is 111 cm³/mol. The summed E-state index contributed by atoms with van der Waals surface area (Å²) in [7, 11) is 1.62. The number of imidazole rings is 1. The highest BCUT2D eigenvalue weighted by atomic mass is 16.5. The molecule has 0 fully saturated rings. The number of hydrogen-bond acceptors (Lipinski definition) is 8. The van der Waals surface area contributed by atoms with E-state index in [0.717, 1.165) is 23.5 Å². The van der Waals surface area contributed by atoms with E-state index in [4.69, 9.17) is 10.5 Å². The van der Waals surface area contributed by atoms with E-state index in [9.17, 15) is 5.11 Å². The maximum Gasteiger partial charge on any atom is 0.226 e. The molecule has 3 rings (SSSR count). The molecule has 0 spiro atoms. The van der Waals surface area contributed by atoms with Gasteiger partial charge in [0.15, 0.2) is 17.0 Å². The number of aromatic nitrogens is 4. The molecule has 0 radical (unpaired) electrons. The van der Waals surface area contributed by atoms with Gasteiger partial charge in [0.25, 0.3) is 0 Å². The molecule has 0 aliphatic heterocycles. The Bertz CT molecular complexity index is 963. The summed E-state index contributed by atoms with van der Waals surface area (Å²) in [6.07, 6.45) is 1.74. The van der Waals surface area contributed by atoms with Crippen molar-refractivity contribution >= 4 is 28.6 Å². The Labute approximate surface area is 164 Å². The first-order valence-corrected chi connectivity index (χ1v) is 9.16. The molecule has 2 aromatic heterocycles. The molecule has 0 aliphatic rings.